The second-order valence-electron chi connectivity index (χ2n) is 4.17. The molecule has 1 aromatic heterocycles. The van der Waals surface area contributed by atoms with Crippen LogP contribution in [-0.2, 0) is 0 Å². The Morgan fingerprint density at radius 1 is 1.33 bits per heavy atom. The average molecular weight is 307 g/mol. The van der Waals surface area contributed by atoms with E-state index in [-0.39, 0.29) is 4.88 Å². The number of carboxylic acids is 1. The summed E-state index contributed by atoms with van der Waals surface area (Å²) in [4.78, 5) is 15.1. The van der Waals surface area contributed by atoms with Gasteiger partial charge < -0.3 is 24.7 Å². The molecule has 0 atom stereocenters. The lowest BCUT2D eigenvalue weighted by atomic mass is 10.3. The molecule has 2 rings (SSSR count). The first kappa shape index (κ1) is 15.1. The van der Waals surface area contributed by atoms with Crippen molar-refractivity contribution >= 4 is 22.4 Å². The SMILES string of the molecule is COc1ccc(OCCNc2nc(C)c(C(=O)[O-])s2)cc1. The molecule has 0 aliphatic carbocycles. The molecular weight excluding hydrogens is 292 g/mol. The van der Waals surface area contributed by atoms with Gasteiger partial charge in [0, 0.05) is 0 Å². The van der Waals surface area contributed by atoms with Gasteiger partial charge in [-0.3, -0.25) is 0 Å². The Bertz CT molecular complexity index is 610. The van der Waals surface area contributed by atoms with Gasteiger partial charge in [0.05, 0.1) is 30.2 Å². The number of aromatic carboxylic acids is 1. The Labute approximate surface area is 126 Å². The number of anilines is 1. The van der Waals surface area contributed by atoms with Gasteiger partial charge in [-0.15, -0.1) is 0 Å². The highest BCUT2D eigenvalue weighted by Crippen LogP contribution is 2.21. The smallest absolute Gasteiger partial charge is 0.183 e. The number of carbonyl (C=O) groups is 1. The molecule has 0 aliphatic rings. The number of thiazole rings is 1. The van der Waals surface area contributed by atoms with Crippen LogP contribution in [-0.4, -0.2) is 31.2 Å². The molecule has 0 fully saturated rings. The number of benzene rings is 1. The molecule has 7 heteroatoms. The van der Waals surface area contributed by atoms with E-state index in [9.17, 15) is 9.90 Å². The number of hydrogen-bond acceptors (Lipinski definition) is 7. The Balaban J connectivity index is 1.79. The highest BCUT2D eigenvalue weighted by Gasteiger charge is 2.07. The van der Waals surface area contributed by atoms with Crippen LogP contribution in [0.15, 0.2) is 24.3 Å². The van der Waals surface area contributed by atoms with Gasteiger partial charge in [0.1, 0.15) is 18.1 Å². The molecule has 0 bridgehead atoms. The number of nitrogens with zero attached hydrogens (tertiary/aromatic N) is 1. The van der Waals surface area contributed by atoms with Crippen molar-refractivity contribution in [1.82, 2.24) is 4.98 Å². The van der Waals surface area contributed by atoms with Crippen molar-refractivity contribution in [2.24, 2.45) is 0 Å². The largest absolute Gasteiger partial charge is 0.544 e. The zero-order chi connectivity index (χ0) is 15.2. The molecule has 0 saturated carbocycles. The molecule has 6 nitrogen and oxygen atoms in total. The molecule has 2 aromatic rings. The second-order valence-corrected chi connectivity index (χ2v) is 5.17. The maximum Gasteiger partial charge on any atom is 0.183 e. The van der Waals surface area contributed by atoms with Crippen LogP contribution in [0.4, 0.5) is 5.13 Å². The monoisotopic (exact) mass is 307 g/mol. The van der Waals surface area contributed by atoms with Crippen molar-refractivity contribution in [3.05, 3.63) is 34.8 Å². The summed E-state index contributed by atoms with van der Waals surface area (Å²) in [6.45, 7) is 2.59. The molecule has 0 unspecified atom stereocenters. The number of hydrogen-bond donors (Lipinski definition) is 1. The average Bonchev–Trinajstić information content (AvgIpc) is 2.85. The summed E-state index contributed by atoms with van der Waals surface area (Å²) in [5, 5.41) is 14.4. The van der Waals surface area contributed by atoms with Crippen molar-refractivity contribution in [2.45, 2.75) is 6.92 Å². The molecule has 21 heavy (non-hydrogen) atoms. The van der Waals surface area contributed by atoms with Crippen LogP contribution in [0.5, 0.6) is 11.5 Å². The van der Waals surface area contributed by atoms with E-state index in [4.69, 9.17) is 9.47 Å². The number of rotatable bonds is 7. The number of aromatic nitrogens is 1. The van der Waals surface area contributed by atoms with Crippen molar-refractivity contribution < 1.29 is 19.4 Å². The molecule has 1 aromatic carbocycles. The first-order valence-electron chi connectivity index (χ1n) is 6.29. The molecule has 112 valence electrons. The summed E-state index contributed by atoms with van der Waals surface area (Å²) in [5.41, 5.74) is 0.457. The van der Waals surface area contributed by atoms with Gasteiger partial charge in [0.25, 0.3) is 0 Å². The normalized spacial score (nSPS) is 10.2. The lowest BCUT2D eigenvalue weighted by Crippen LogP contribution is -2.21. The summed E-state index contributed by atoms with van der Waals surface area (Å²) in [5.74, 6) is 0.310. The highest BCUT2D eigenvalue weighted by molar-refractivity contribution is 7.17. The first-order valence-corrected chi connectivity index (χ1v) is 7.11. The zero-order valence-electron chi connectivity index (χ0n) is 11.7. The van der Waals surface area contributed by atoms with E-state index in [0.717, 1.165) is 22.8 Å². The number of carbonyl (C=O) groups excluding carboxylic acids is 1. The number of nitrogens with one attached hydrogen (secondary N) is 1. The molecule has 0 spiro atoms. The maximum absolute atomic E-state index is 10.8. The fourth-order valence-corrected chi connectivity index (χ4v) is 2.49. The predicted molar refractivity (Wildman–Crippen MR) is 78.2 cm³/mol. The summed E-state index contributed by atoms with van der Waals surface area (Å²) >= 11 is 1.06. The third kappa shape index (κ3) is 4.09. The van der Waals surface area contributed by atoms with Crippen LogP contribution in [0.2, 0.25) is 0 Å². The van der Waals surface area contributed by atoms with Crippen molar-refractivity contribution in [3.63, 3.8) is 0 Å². The Hall–Kier alpha value is -2.28. The Morgan fingerprint density at radius 2 is 2.00 bits per heavy atom. The minimum absolute atomic E-state index is 0.147. The van der Waals surface area contributed by atoms with Crippen LogP contribution in [0.25, 0.3) is 0 Å². The van der Waals surface area contributed by atoms with Gasteiger partial charge in [-0.2, -0.15) is 0 Å². The molecule has 1 N–H and O–H groups in total. The number of ether oxygens (including phenoxy) is 2. The van der Waals surface area contributed by atoms with E-state index in [2.05, 4.69) is 10.3 Å². The number of methoxy groups -OCH3 is 1. The quantitative estimate of drug-likeness (QED) is 0.777. The third-order valence-electron chi connectivity index (χ3n) is 2.69. The molecule has 0 saturated heterocycles. The lowest BCUT2D eigenvalue weighted by molar-refractivity contribution is -0.254. The van der Waals surface area contributed by atoms with Gasteiger partial charge >= 0.3 is 0 Å². The highest BCUT2D eigenvalue weighted by atomic mass is 32.1. The van der Waals surface area contributed by atoms with Crippen LogP contribution in [0, 0.1) is 6.92 Å². The molecule has 0 amide bonds. The summed E-state index contributed by atoms with van der Waals surface area (Å²) in [7, 11) is 1.61. The summed E-state index contributed by atoms with van der Waals surface area (Å²) in [6, 6.07) is 7.28. The third-order valence-corrected chi connectivity index (χ3v) is 3.78. The lowest BCUT2D eigenvalue weighted by Gasteiger charge is -2.07. The van der Waals surface area contributed by atoms with Crippen molar-refractivity contribution in [2.75, 3.05) is 25.6 Å². The number of carboxylic acid groups (broad SMARTS) is 1. The van der Waals surface area contributed by atoms with Gasteiger partial charge in [-0.05, 0) is 31.2 Å². The fraction of sp³-hybridized carbons (Fsp3) is 0.286. The van der Waals surface area contributed by atoms with Crippen LogP contribution in [0.1, 0.15) is 15.4 Å². The second kappa shape index (κ2) is 6.94. The summed E-state index contributed by atoms with van der Waals surface area (Å²) < 4.78 is 10.6. The summed E-state index contributed by atoms with van der Waals surface area (Å²) in [6.07, 6.45) is 0. The van der Waals surface area contributed by atoms with Crippen molar-refractivity contribution in [3.8, 4) is 11.5 Å². The Kier molecular flexibility index (Phi) is 4.99. The van der Waals surface area contributed by atoms with Crippen LogP contribution in [0.3, 0.4) is 0 Å². The van der Waals surface area contributed by atoms with E-state index >= 15 is 0 Å². The van der Waals surface area contributed by atoms with E-state index < -0.39 is 5.97 Å². The van der Waals surface area contributed by atoms with Crippen molar-refractivity contribution in [1.29, 1.82) is 0 Å². The van der Waals surface area contributed by atoms with Gasteiger partial charge in [0.2, 0.25) is 0 Å². The molecule has 1 heterocycles. The fourth-order valence-electron chi connectivity index (χ4n) is 1.66. The molecular formula is C14H15N2O4S-. The van der Waals surface area contributed by atoms with E-state index in [1.54, 1.807) is 14.0 Å². The maximum atomic E-state index is 10.8. The first-order chi connectivity index (χ1) is 10.1. The zero-order valence-corrected chi connectivity index (χ0v) is 12.5. The molecule has 0 radical (unpaired) electrons. The predicted octanol–water partition coefficient (Wildman–Crippen LogP) is 1.31. The minimum atomic E-state index is -1.20. The van der Waals surface area contributed by atoms with E-state index in [0.29, 0.717) is 24.0 Å². The number of aryl methyl sites for hydroxylation is 1. The standard InChI is InChI=1S/C14H16N2O4S/c1-9-12(13(17)18)21-14(16-9)15-7-8-20-11-5-3-10(19-2)4-6-11/h3-6H,7-8H2,1-2H3,(H,15,16)(H,17,18)/p-1. The molecule has 0 aliphatic heterocycles. The van der Waals surface area contributed by atoms with Crippen LogP contribution >= 0.6 is 11.3 Å². The van der Waals surface area contributed by atoms with Crippen LogP contribution < -0.4 is 19.9 Å². The van der Waals surface area contributed by atoms with Gasteiger partial charge in [-0.25, -0.2) is 4.98 Å². The Morgan fingerprint density at radius 3 is 2.57 bits per heavy atom. The van der Waals surface area contributed by atoms with Gasteiger partial charge in [-0.1, -0.05) is 11.3 Å². The topological polar surface area (TPSA) is 83.5 Å². The van der Waals surface area contributed by atoms with E-state index in [1.807, 2.05) is 24.3 Å². The minimum Gasteiger partial charge on any atom is -0.544 e. The van der Waals surface area contributed by atoms with E-state index in [1.165, 1.54) is 0 Å². The van der Waals surface area contributed by atoms with Gasteiger partial charge in [0.15, 0.2) is 5.13 Å².